The van der Waals surface area contributed by atoms with Gasteiger partial charge in [0.2, 0.25) is 0 Å². The number of aliphatic imine (C=N–C) groups is 1. The van der Waals surface area contributed by atoms with Crippen molar-refractivity contribution in [3.05, 3.63) is 59.3 Å². The molecular formula is C16H14N2O5S. The van der Waals surface area contributed by atoms with Crippen LogP contribution in [0.1, 0.15) is 11.5 Å². The highest BCUT2D eigenvalue weighted by Crippen LogP contribution is 2.32. The molecule has 0 aliphatic carbocycles. The Morgan fingerprint density at radius 1 is 1.29 bits per heavy atom. The first-order valence-electron chi connectivity index (χ1n) is 7.06. The smallest absolute Gasteiger partial charge is 0.331 e. The zero-order valence-electron chi connectivity index (χ0n) is 12.8. The summed E-state index contributed by atoms with van der Waals surface area (Å²) in [5, 5.41) is 0.475. The van der Waals surface area contributed by atoms with E-state index < -0.39 is 5.97 Å². The predicted octanol–water partition coefficient (Wildman–Crippen LogP) is 2.56. The van der Waals surface area contributed by atoms with Gasteiger partial charge in [-0.15, -0.1) is 0 Å². The van der Waals surface area contributed by atoms with Crippen molar-refractivity contribution in [2.45, 2.75) is 13.1 Å². The van der Waals surface area contributed by atoms with Gasteiger partial charge in [0.15, 0.2) is 5.17 Å². The first kappa shape index (κ1) is 16.1. The van der Waals surface area contributed by atoms with Crippen LogP contribution in [-0.2, 0) is 27.4 Å². The molecule has 0 spiro atoms. The van der Waals surface area contributed by atoms with Crippen LogP contribution in [0.5, 0.6) is 0 Å². The summed E-state index contributed by atoms with van der Waals surface area (Å²) in [6.07, 6.45) is 4.26. The van der Waals surface area contributed by atoms with E-state index in [0.29, 0.717) is 23.2 Å². The molecule has 0 unspecified atom stereocenters. The van der Waals surface area contributed by atoms with Gasteiger partial charge in [-0.2, -0.15) is 0 Å². The number of ether oxygens (including phenoxy) is 1. The van der Waals surface area contributed by atoms with Crippen LogP contribution in [0, 0.1) is 0 Å². The van der Waals surface area contributed by atoms with Crippen LogP contribution in [-0.4, -0.2) is 29.1 Å². The van der Waals surface area contributed by atoms with E-state index in [0.717, 1.165) is 17.8 Å². The van der Waals surface area contributed by atoms with Crippen LogP contribution in [0.3, 0.4) is 0 Å². The number of esters is 1. The molecule has 124 valence electrons. The molecule has 0 aromatic carbocycles. The Bertz CT molecular complexity index is 778. The highest BCUT2D eigenvalue weighted by molar-refractivity contribution is 8.18. The summed E-state index contributed by atoms with van der Waals surface area (Å²) in [5.74, 6) is 0.393. The fourth-order valence-electron chi connectivity index (χ4n) is 2.04. The lowest BCUT2D eigenvalue weighted by Crippen LogP contribution is -2.28. The maximum absolute atomic E-state index is 12.5. The highest BCUT2D eigenvalue weighted by atomic mass is 32.2. The van der Waals surface area contributed by atoms with Crippen LogP contribution in [0.15, 0.2) is 61.6 Å². The van der Waals surface area contributed by atoms with Gasteiger partial charge < -0.3 is 13.6 Å². The number of amidine groups is 1. The second-order valence-corrected chi connectivity index (χ2v) is 5.79. The lowest BCUT2D eigenvalue weighted by atomic mass is 10.3. The van der Waals surface area contributed by atoms with Crippen molar-refractivity contribution in [1.29, 1.82) is 0 Å². The molecule has 3 heterocycles. The van der Waals surface area contributed by atoms with Crippen molar-refractivity contribution < 1.29 is 23.2 Å². The predicted molar refractivity (Wildman–Crippen MR) is 86.8 cm³/mol. The number of furan rings is 2. The van der Waals surface area contributed by atoms with E-state index in [1.165, 1.54) is 18.3 Å². The van der Waals surface area contributed by atoms with E-state index in [9.17, 15) is 9.59 Å². The Balaban J connectivity index is 1.85. The molecule has 1 aliphatic rings. The lowest BCUT2D eigenvalue weighted by Gasteiger charge is -2.13. The van der Waals surface area contributed by atoms with E-state index in [2.05, 4.69) is 9.73 Å². The molecule has 0 radical (unpaired) electrons. The molecule has 2 aromatic rings. The van der Waals surface area contributed by atoms with Gasteiger partial charge in [0.1, 0.15) is 11.5 Å². The largest absolute Gasteiger partial charge is 0.467 e. The lowest BCUT2D eigenvalue weighted by molar-refractivity contribution is -0.135. The fraction of sp³-hybridized carbons (Fsp3) is 0.188. The molecule has 1 fully saturated rings. The van der Waals surface area contributed by atoms with Crippen molar-refractivity contribution in [1.82, 2.24) is 4.90 Å². The summed E-state index contributed by atoms with van der Waals surface area (Å²) in [5.41, 5.74) is 0. The van der Waals surface area contributed by atoms with Gasteiger partial charge in [0.25, 0.3) is 5.91 Å². The number of rotatable bonds is 5. The Hall–Kier alpha value is -2.74. The summed E-state index contributed by atoms with van der Waals surface area (Å²) >= 11 is 1.12. The molecule has 3 rings (SSSR count). The van der Waals surface area contributed by atoms with Gasteiger partial charge in [0.05, 0.1) is 37.6 Å². The third kappa shape index (κ3) is 3.60. The van der Waals surface area contributed by atoms with E-state index in [1.807, 2.05) is 0 Å². The maximum atomic E-state index is 12.5. The number of nitrogens with zero attached hydrogens (tertiary/aromatic N) is 2. The second-order valence-electron chi connectivity index (χ2n) is 4.78. The highest BCUT2D eigenvalue weighted by Gasteiger charge is 2.34. The molecule has 24 heavy (non-hydrogen) atoms. The third-order valence-corrected chi connectivity index (χ3v) is 4.23. The van der Waals surface area contributed by atoms with E-state index >= 15 is 0 Å². The Labute approximate surface area is 142 Å². The summed E-state index contributed by atoms with van der Waals surface area (Å²) < 4.78 is 15.1. The molecule has 0 saturated carbocycles. The Morgan fingerprint density at radius 3 is 2.62 bits per heavy atom. The van der Waals surface area contributed by atoms with Gasteiger partial charge in [-0.05, 0) is 36.0 Å². The van der Waals surface area contributed by atoms with Gasteiger partial charge in [-0.1, -0.05) is 0 Å². The van der Waals surface area contributed by atoms with Crippen LogP contribution >= 0.6 is 11.8 Å². The Morgan fingerprint density at radius 2 is 2.00 bits per heavy atom. The summed E-state index contributed by atoms with van der Waals surface area (Å²) in [7, 11) is 1.26. The topological polar surface area (TPSA) is 85.2 Å². The SMILES string of the molecule is COC(=O)C=C1SC(=NCc2ccco2)N(Cc2ccco2)C1=O. The number of amides is 1. The normalized spacial score (nSPS) is 17.9. The Kier molecular flexibility index (Phi) is 4.85. The monoisotopic (exact) mass is 346 g/mol. The number of hydrogen-bond donors (Lipinski definition) is 0. The van der Waals surface area contributed by atoms with Crippen molar-refractivity contribution in [3.63, 3.8) is 0 Å². The van der Waals surface area contributed by atoms with Gasteiger partial charge in [-0.3, -0.25) is 14.7 Å². The summed E-state index contributed by atoms with van der Waals surface area (Å²) in [4.78, 5) is 30.1. The molecule has 8 heteroatoms. The van der Waals surface area contributed by atoms with Crippen molar-refractivity contribution in [2.75, 3.05) is 7.11 Å². The fourth-order valence-corrected chi connectivity index (χ4v) is 2.97. The van der Waals surface area contributed by atoms with Crippen molar-refractivity contribution in [2.24, 2.45) is 4.99 Å². The van der Waals surface area contributed by atoms with E-state index in [1.54, 1.807) is 30.5 Å². The first-order valence-corrected chi connectivity index (χ1v) is 7.87. The minimum atomic E-state index is -0.587. The zero-order valence-corrected chi connectivity index (χ0v) is 13.6. The molecule has 1 saturated heterocycles. The first-order chi connectivity index (χ1) is 11.7. The molecule has 2 aromatic heterocycles. The zero-order chi connectivity index (χ0) is 16.9. The minimum Gasteiger partial charge on any atom is -0.467 e. The minimum absolute atomic E-state index is 0.230. The summed E-state index contributed by atoms with van der Waals surface area (Å²) in [6.45, 7) is 0.525. The van der Waals surface area contributed by atoms with Crippen molar-refractivity contribution >= 4 is 28.8 Å². The van der Waals surface area contributed by atoms with Crippen LogP contribution in [0.4, 0.5) is 0 Å². The third-order valence-electron chi connectivity index (χ3n) is 3.18. The average Bonchev–Trinajstić information content (AvgIpc) is 3.32. The number of thioether (sulfide) groups is 1. The van der Waals surface area contributed by atoms with Gasteiger partial charge >= 0.3 is 5.97 Å². The van der Waals surface area contributed by atoms with Crippen LogP contribution in [0.2, 0.25) is 0 Å². The molecule has 0 atom stereocenters. The molecule has 1 amide bonds. The maximum Gasteiger partial charge on any atom is 0.331 e. The van der Waals surface area contributed by atoms with Crippen molar-refractivity contribution in [3.8, 4) is 0 Å². The number of carbonyl (C=O) groups is 2. The van der Waals surface area contributed by atoms with Gasteiger partial charge in [0, 0.05) is 6.08 Å². The number of methoxy groups -OCH3 is 1. The van der Waals surface area contributed by atoms with Crippen LogP contribution < -0.4 is 0 Å². The number of carbonyl (C=O) groups excluding carboxylic acids is 2. The van der Waals surface area contributed by atoms with Gasteiger partial charge in [-0.25, -0.2) is 4.79 Å². The molecule has 1 aliphatic heterocycles. The standard InChI is InChI=1S/C16H14N2O5S/c1-21-14(19)8-13-15(20)18(10-12-5-3-7-23-12)16(24-13)17-9-11-4-2-6-22-11/h2-8H,9-10H2,1H3. The van der Waals surface area contributed by atoms with E-state index in [4.69, 9.17) is 8.83 Å². The average molecular weight is 346 g/mol. The van der Waals surface area contributed by atoms with Crippen LogP contribution in [0.25, 0.3) is 0 Å². The quantitative estimate of drug-likeness (QED) is 0.611. The number of hydrogen-bond acceptors (Lipinski definition) is 7. The molecular weight excluding hydrogens is 332 g/mol. The molecule has 0 N–H and O–H groups in total. The molecule has 7 nitrogen and oxygen atoms in total. The second kappa shape index (κ2) is 7.22. The summed E-state index contributed by atoms with van der Waals surface area (Å²) in [6, 6.07) is 7.08. The van der Waals surface area contributed by atoms with E-state index in [-0.39, 0.29) is 17.4 Å². The molecule has 0 bridgehead atoms.